The maximum absolute atomic E-state index is 12.5. The zero-order valence-corrected chi connectivity index (χ0v) is 14.1. The van der Waals surface area contributed by atoms with E-state index in [2.05, 4.69) is 20.8 Å². The molecule has 1 atom stereocenters. The van der Waals surface area contributed by atoms with Crippen molar-refractivity contribution in [1.29, 1.82) is 0 Å². The van der Waals surface area contributed by atoms with Crippen molar-refractivity contribution in [3.05, 3.63) is 0 Å². The van der Waals surface area contributed by atoms with E-state index >= 15 is 0 Å². The zero-order chi connectivity index (χ0) is 15.9. The Hall–Kier alpha value is -0.610. The van der Waals surface area contributed by atoms with E-state index in [1.807, 2.05) is 4.90 Å². The van der Waals surface area contributed by atoms with Gasteiger partial charge in [-0.05, 0) is 56.4 Å². The molecular formula is C17H34N2O2. The lowest BCUT2D eigenvalue weighted by Gasteiger charge is -2.38. The summed E-state index contributed by atoms with van der Waals surface area (Å²) in [5, 5.41) is 9.01. The van der Waals surface area contributed by atoms with Gasteiger partial charge in [0.1, 0.15) is 0 Å². The second kappa shape index (κ2) is 8.74. The molecule has 124 valence electrons. The van der Waals surface area contributed by atoms with Crippen LogP contribution in [0.5, 0.6) is 0 Å². The first-order valence-corrected chi connectivity index (χ1v) is 8.50. The van der Waals surface area contributed by atoms with E-state index in [1.165, 1.54) is 6.42 Å². The van der Waals surface area contributed by atoms with E-state index in [9.17, 15) is 4.79 Å². The first-order valence-electron chi connectivity index (χ1n) is 8.50. The molecule has 0 aromatic heterocycles. The number of nitrogens with zero attached hydrogens (tertiary/aromatic N) is 1. The van der Waals surface area contributed by atoms with Gasteiger partial charge in [0.05, 0.1) is 0 Å². The normalized spacial score (nSPS) is 17.4. The van der Waals surface area contributed by atoms with Crippen LogP contribution >= 0.6 is 0 Å². The van der Waals surface area contributed by atoms with Crippen LogP contribution in [0.25, 0.3) is 0 Å². The van der Waals surface area contributed by atoms with Gasteiger partial charge in [-0.2, -0.15) is 0 Å². The molecule has 1 rings (SSSR count). The molecule has 3 N–H and O–H groups in total. The molecule has 0 bridgehead atoms. The van der Waals surface area contributed by atoms with Crippen LogP contribution in [0.15, 0.2) is 0 Å². The summed E-state index contributed by atoms with van der Waals surface area (Å²) in [4.78, 5) is 14.5. The van der Waals surface area contributed by atoms with Crippen LogP contribution in [-0.4, -0.2) is 41.7 Å². The summed E-state index contributed by atoms with van der Waals surface area (Å²) in [5.74, 6) is 0.756. The van der Waals surface area contributed by atoms with Gasteiger partial charge in [-0.1, -0.05) is 20.8 Å². The molecule has 0 radical (unpaired) electrons. The molecule has 1 unspecified atom stereocenters. The molecule has 0 aromatic carbocycles. The minimum atomic E-state index is 0.161. The van der Waals surface area contributed by atoms with Crippen LogP contribution in [0.1, 0.15) is 65.7 Å². The highest BCUT2D eigenvalue weighted by molar-refractivity contribution is 5.76. The molecule has 0 spiro atoms. The van der Waals surface area contributed by atoms with E-state index in [4.69, 9.17) is 10.8 Å². The minimum absolute atomic E-state index is 0.161. The van der Waals surface area contributed by atoms with Crippen molar-refractivity contribution in [3.63, 3.8) is 0 Å². The summed E-state index contributed by atoms with van der Waals surface area (Å²) in [6.45, 7) is 8.24. The highest BCUT2D eigenvalue weighted by atomic mass is 16.3. The topological polar surface area (TPSA) is 66.6 Å². The third kappa shape index (κ3) is 5.95. The molecule has 1 fully saturated rings. The van der Waals surface area contributed by atoms with Crippen molar-refractivity contribution >= 4 is 5.91 Å². The number of carbonyl (C=O) groups is 1. The van der Waals surface area contributed by atoms with Gasteiger partial charge in [0.15, 0.2) is 0 Å². The van der Waals surface area contributed by atoms with Crippen molar-refractivity contribution in [1.82, 2.24) is 4.90 Å². The monoisotopic (exact) mass is 298 g/mol. The highest BCUT2D eigenvalue weighted by Gasteiger charge is 2.30. The van der Waals surface area contributed by atoms with Gasteiger partial charge < -0.3 is 15.7 Å². The fourth-order valence-electron chi connectivity index (χ4n) is 3.10. The summed E-state index contributed by atoms with van der Waals surface area (Å²) < 4.78 is 0. The van der Waals surface area contributed by atoms with Gasteiger partial charge in [-0.3, -0.25) is 4.79 Å². The lowest BCUT2D eigenvalue weighted by atomic mass is 9.76. The lowest BCUT2D eigenvalue weighted by Crippen LogP contribution is -2.45. The number of amides is 1. The van der Waals surface area contributed by atoms with Gasteiger partial charge in [-0.25, -0.2) is 0 Å². The molecule has 21 heavy (non-hydrogen) atoms. The second-order valence-electron chi connectivity index (χ2n) is 7.43. The smallest absolute Gasteiger partial charge is 0.222 e. The lowest BCUT2D eigenvalue weighted by molar-refractivity contribution is -0.136. The molecule has 1 saturated carbocycles. The quantitative estimate of drug-likeness (QED) is 0.687. The Bertz CT molecular complexity index is 308. The van der Waals surface area contributed by atoms with E-state index in [1.54, 1.807) is 0 Å². The molecule has 1 aliphatic rings. The van der Waals surface area contributed by atoms with Crippen molar-refractivity contribution in [2.45, 2.75) is 71.8 Å². The molecule has 1 aliphatic carbocycles. The van der Waals surface area contributed by atoms with Gasteiger partial charge >= 0.3 is 0 Å². The third-order valence-corrected chi connectivity index (χ3v) is 4.84. The zero-order valence-electron chi connectivity index (χ0n) is 14.1. The average Bonchev–Trinajstić information content (AvgIpc) is 2.35. The predicted molar refractivity (Wildman–Crippen MR) is 86.9 cm³/mol. The maximum Gasteiger partial charge on any atom is 0.222 e. The first kappa shape index (κ1) is 18.4. The Balaban J connectivity index is 2.51. The van der Waals surface area contributed by atoms with E-state index in [0.717, 1.165) is 25.7 Å². The number of rotatable bonds is 9. The molecule has 0 saturated heterocycles. The fraction of sp³-hybridized carbons (Fsp3) is 0.941. The van der Waals surface area contributed by atoms with Crippen LogP contribution in [0.4, 0.5) is 0 Å². The third-order valence-electron chi connectivity index (χ3n) is 4.84. The standard InChI is InChI=1S/C17H34N2O2/c1-17(2,3)14(10-11-18)8-9-16(21)19(12-5-13-20)15-6-4-7-15/h14-15,20H,4-13,18H2,1-3H3. The minimum Gasteiger partial charge on any atom is -0.396 e. The Morgan fingerprint density at radius 1 is 1.33 bits per heavy atom. The molecule has 1 amide bonds. The molecule has 4 nitrogen and oxygen atoms in total. The van der Waals surface area contributed by atoms with E-state index in [0.29, 0.717) is 37.9 Å². The van der Waals surface area contributed by atoms with E-state index < -0.39 is 0 Å². The molecule has 0 aromatic rings. The largest absolute Gasteiger partial charge is 0.396 e. The van der Waals surface area contributed by atoms with Gasteiger partial charge in [0, 0.05) is 25.6 Å². The predicted octanol–water partition coefficient (Wildman–Crippen LogP) is 2.54. The Labute approximate surface area is 130 Å². The number of hydrogen-bond donors (Lipinski definition) is 2. The van der Waals surface area contributed by atoms with Gasteiger partial charge in [-0.15, -0.1) is 0 Å². The fourth-order valence-corrected chi connectivity index (χ4v) is 3.10. The number of aliphatic hydroxyl groups excluding tert-OH is 1. The molecular weight excluding hydrogens is 264 g/mol. The van der Waals surface area contributed by atoms with Crippen LogP contribution < -0.4 is 5.73 Å². The van der Waals surface area contributed by atoms with Gasteiger partial charge in [0.25, 0.3) is 0 Å². The molecule has 0 heterocycles. The number of hydrogen-bond acceptors (Lipinski definition) is 3. The van der Waals surface area contributed by atoms with Crippen molar-refractivity contribution in [2.24, 2.45) is 17.1 Å². The summed E-state index contributed by atoms with van der Waals surface area (Å²) in [6, 6.07) is 0.423. The average molecular weight is 298 g/mol. The summed E-state index contributed by atoms with van der Waals surface area (Å²) in [5.41, 5.74) is 5.91. The molecule has 0 aliphatic heterocycles. The Kier molecular flexibility index (Phi) is 7.67. The Morgan fingerprint density at radius 2 is 2.00 bits per heavy atom. The van der Waals surface area contributed by atoms with Crippen molar-refractivity contribution in [3.8, 4) is 0 Å². The van der Waals surface area contributed by atoms with Crippen molar-refractivity contribution in [2.75, 3.05) is 19.7 Å². The second-order valence-corrected chi connectivity index (χ2v) is 7.43. The maximum atomic E-state index is 12.5. The summed E-state index contributed by atoms with van der Waals surface area (Å²) in [6.07, 6.45) is 6.69. The van der Waals surface area contributed by atoms with Crippen LogP contribution in [-0.2, 0) is 4.79 Å². The number of aliphatic hydroxyl groups is 1. The SMILES string of the molecule is CC(C)(C)C(CCN)CCC(=O)N(CCCO)C1CCC1. The Morgan fingerprint density at radius 3 is 2.43 bits per heavy atom. The van der Waals surface area contributed by atoms with Crippen LogP contribution in [0.3, 0.4) is 0 Å². The van der Waals surface area contributed by atoms with Crippen molar-refractivity contribution < 1.29 is 9.90 Å². The highest BCUT2D eigenvalue weighted by Crippen LogP contribution is 2.33. The molecule has 4 heteroatoms. The summed E-state index contributed by atoms with van der Waals surface area (Å²) in [7, 11) is 0. The number of carbonyl (C=O) groups excluding carboxylic acids is 1. The first-order chi connectivity index (χ1) is 9.90. The van der Waals surface area contributed by atoms with E-state index in [-0.39, 0.29) is 17.9 Å². The van der Waals surface area contributed by atoms with Crippen LogP contribution in [0.2, 0.25) is 0 Å². The van der Waals surface area contributed by atoms with Gasteiger partial charge in [0.2, 0.25) is 5.91 Å². The number of nitrogens with two attached hydrogens (primary N) is 1. The summed E-state index contributed by atoms with van der Waals surface area (Å²) >= 11 is 0. The van der Waals surface area contributed by atoms with Crippen LogP contribution in [0, 0.1) is 11.3 Å².